The molecule has 11 heteroatoms. The number of hydrogen-bond acceptors (Lipinski definition) is 6. The molecule has 3 atom stereocenters. The van der Waals surface area contributed by atoms with Crippen molar-refractivity contribution in [1.82, 2.24) is 9.80 Å². The van der Waals surface area contributed by atoms with Gasteiger partial charge in [-0.15, -0.1) is 0 Å². The second-order valence-corrected chi connectivity index (χ2v) is 13.1. The molecule has 44 heavy (non-hydrogen) atoms. The van der Waals surface area contributed by atoms with Gasteiger partial charge in [0.2, 0.25) is 5.91 Å². The van der Waals surface area contributed by atoms with Crippen molar-refractivity contribution < 1.29 is 23.1 Å². The summed E-state index contributed by atoms with van der Waals surface area (Å²) in [7, 11) is 0. The molecule has 0 unspecified atom stereocenters. The van der Waals surface area contributed by atoms with E-state index in [9.17, 15) is 23.1 Å². The van der Waals surface area contributed by atoms with Gasteiger partial charge in [0.15, 0.2) is 0 Å². The maximum Gasteiger partial charge on any atom is 0.397 e. The third-order valence-corrected chi connectivity index (χ3v) is 9.83. The van der Waals surface area contributed by atoms with Crippen LogP contribution in [0.4, 0.5) is 13.2 Å². The van der Waals surface area contributed by atoms with Gasteiger partial charge in [-0.3, -0.25) is 4.79 Å². The smallest absolute Gasteiger partial charge is 0.396 e. The molecule has 5 rings (SSSR count). The van der Waals surface area contributed by atoms with Crippen molar-refractivity contribution in [2.75, 3.05) is 13.1 Å². The lowest BCUT2D eigenvalue weighted by molar-refractivity contribution is -0.180. The first kappa shape index (κ1) is 31.9. The zero-order valence-electron chi connectivity index (χ0n) is 25.2. The monoisotopic (exact) mass is 629 g/mol. The number of rotatable bonds is 7. The Labute approximate surface area is 261 Å². The minimum Gasteiger partial charge on any atom is -0.396 e. The second kappa shape index (κ2) is 11.8. The predicted molar refractivity (Wildman–Crippen MR) is 166 cm³/mol. The summed E-state index contributed by atoms with van der Waals surface area (Å²) in [5, 5.41) is 11.9. The number of hydrogen-bond donors (Lipinski definition) is 3. The molecule has 7 nitrogen and oxygen atoms in total. The Hall–Kier alpha value is -3.50. The summed E-state index contributed by atoms with van der Waals surface area (Å²) in [6.45, 7) is 5.07. The normalized spacial score (nSPS) is 23.6. The van der Waals surface area contributed by atoms with E-state index in [2.05, 4.69) is 4.99 Å². The highest BCUT2D eigenvalue weighted by Crippen LogP contribution is 2.42. The molecule has 2 fully saturated rings. The van der Waals surface area contributed by atoms with Crippen molar-refractivity contribution in [1.29, 1.82) is 0 Å². The van der Waals surface area contributed by atoms with E-state index in [4.69, 9.17) is 23.1 Å². The Morgan fingerprint density at radius 3 is 2.41 bits per heavy atom. The summed E-state index contributed by atoms with van der Waals surface area (Å²) in [4.78, 5) is 20.4. The SMILES string of the molecule is CC(C)(c1cccc([C@@](C)(O)c2ccc(/C(N)=C3\C(N)=NC=C(Cl)N3CC[C@@H]3CC[C@H]4CCC(=O)N4C3)cc2)c1)C(F)(F)F. The van der Waals surface area contributed by atoms with Crippen LogP contribution in [-0.2, 0) is 15.8 Å². The number of amides is 1. The fourth-order valence-corrected chi connectivity index (χ4v) is 6.56. The molecular formula is C33H39ClF3N5O2. The maximum absolute atomic E-state index is 13.7. The lowest BCUT2D eigenvalue weighted by Crippen LogP contribution is -2.42. The van der Waals surface area contributed by atoms with Crippen LogP contribution in [0.1, 0.15) is 75.1 Å². The van der Waals surface area contributed by atoms with Gasteiger partial charge in [0, 0.05) is 25.6 Å². The van der Waals surface area contributed by atoms with Gasteiger partial charge in [-0.2, -0.15) is 13.2 Å². The quantitative estimate of drug-likeness (QED) is 0.330. The molecule has 236 valence electrons. The van der Waals surface area contributed by atoms with E-state index in [0.29, 0.717) is 58.2 Å². The van der Waals surface area contributed by atoms with Crippen LogP contribution >= 0.6 is 11.6 Å². The number of nitrogens with zero attached hydrogens (tertiary/aromatic N) is 3. The Morgan fingerprint density at radius 1 is 1.05 bits per heavy atom. The second-order valence-electron chi connectivity index (χ2n) is 12.7. The molecule has 3 aliphatic rings. The summed E-state index contributed by atoms with van der Waals surface area (Å²) in [6.07, 6.45) is 1.45. The fourth-order valence-electron chi connectivity index (χ4n) is 6.34. The number of carbonyl (C=O) groups is 1. The average Bonchev–Trinajstić information content (AvgIpc) is 3.36. The summed E-state index contributed by atoms with van der Waals surface area (Å²) in [6, 6.07) is 13.2. The number of carbonyl (C=O) groups excluding carboxylic acids is 1. The zero-order chi connectivity index (χ0) is 32.0. The Morgan fingerprint density at radius 2 is 1.73 bits per heavy atom. The number of fused-ring (bicyclic) bond motifs is 1. The number of alkyl halides is 3. The molecule has 2 saturated heterocycles. The van der Waals surface area contributed by atoms with Crippen LogP contribution in [-0.4, -0.2) is 52.0 Å². The van der Waals surface area contributed by atoms with Gasteiger partial charge in [-0.05, 0) is 74.6 Å². The lowest BCUT2D eigenvalue weighted by Gasteiger charge is -2.37. The molecule has 5 N–H and O–H groups in total. The number of piperidine rings is 1. The summed E-state index contributed by atoms with van der Waals surface area (Å²) in [5.41, 5.74) is 11.6. The highest BCUT2D eigenvalue weighted by molar-refractivity contribution is 6.30. The van der Waals surface area contributed by atoms with Crippen LogP contribution in [0.25, 0.3) is 5.70 Å². The van der Waals surface area contributed by atoms with Gasteiger partial charge >= 0.3 is 6.18 Å². The van der Waals surface area contributed by atoms with Crippen molar-refractivity contribution in [3.8, 4) is 0 Å². The lowest BCUT2D eigenvalue weighted by atomic mass is 9.80. The highest BCUT2D eigenvalue weighted by atomic mass is 35.5. The molecule has 0 radical (unpaired) electrons. The van der Waals surface area contributed by atoms with E-state index >= 15 is 0 Å². The van der Waals surface area contributed by atoms with E-state index in [1.807, 2.05) is 9.80 Å². The largest absolute Gasteiger partial charge is 0.397 e. The van der Waals surface area contributed by atoms with E-state index in [1.165, 1.54) is 24.4 Å². The Kier molecular flexibility index (Phi) is 8.54. The molecule has 0 bridgehead atoms. The number of aliphatic hydroxyl groups is 1. The first-order chi connectivity index (χ1) is 20.6. The molecule has 0 spiro atoms. The first-order valence-electron chi connectivity index (χ1n) is 14.9. The van der Waals surface area contributed by atoms with Crippen LogP contribution in [0.2, 0.25) is 0 Å². The minimum absolute atomic E-state index is 0.0607. The summed E-state index contributed by atoms with van der Waals surface area (Å²) < 4.78 is 41.1. The van der Waals surface area contributed by atoms with Gasteiger partial charge in [0.05, 0.1) is 17.3 Å². The molecule has 0 aliphatic carbocycles. The van der Waals surface area contributed by atoms with E-state index in [1.54, 1.807) is 37.3 Å². The molecule has 2 aromatic rings. The maximum atomic E-state index is 13.7. The zero-order valence-corrected chi connectivity index (χ0v) is 25.9. The molecule has 3 heterocycles. The van der Waals surface area contributed by atoms with Crippen LogP contribution in [0.3, 0.4) is 0 Å². The minimum atomic E-state index is -4.45. The first-order valence-corrected chi connectivity index (χ1v) is 15.3. The van der Waals surface area contributed by atoms with E-state index in [0.717, 1.165) is 46.1 Å². The average molecular weight is 630 g/mol. The van der Waals surface area contributed by atoms with Crippen LogP contribution in [0.15, 0.2) is 70.6 Å². The number of amidine groups is 1. The third-order valence-electron chi connectivity index (χ3n) is 9.53. The van der Waals surface area contributed by atoms with Crippen molar-refractivity contribution in [2.24, 2.45) is 22.4 Å². The Balaban J connectivity index is 1.37. The molecule has 0 aromatic heterocycles. The van der Waals surface area contributed by atoms with Crippen LogP contribution < -0.4 is 11.5 Å². The standard InChI is InChI=1S/C33H39ClF3N5O2/c1-31(2,33(35,36)37)23-5-4-6-24(17-23)32(3,44)22-10-8-21(9-11-22)28(38)29-30(39)40-18-26(34)41(29)16-15-20-7-12-25-13-14-27(43)42(25)19-20/h4-6,8-11,17-18,20,25,44H,7,12-16,19,38H2,1-3H3,(H2,39,40)/b29-28-/t20-,25-,32-/m0/s1. The van der Waals surface area contributed by atoms with E-state index in [-0.39, 0.29) is 17.3 Å². The molecule has 0 saturated carbocycles. The predicted octanol–water partition coefficient (Wildman–Crippen LogP) is 5.91. The van der Waals surface area contributed by atoms with Gasteiger partial charge < -0.3 is 26.4 Å². The van der Waals surface area contributed by atoms with Crippen LogP contribution in [0, 0.1) is 5.92 Å². The van der Waals surface area contributed by atoms with Gasteiger partial charge in [0.25, 0.3) is 0 Å². The number of aliphatic imine (C=N–C) groups is 1. The third kappa shape index (κ3) is 5.94. The summed E-state index contributed by atoms with van der Waals surface area (Å²) in [5.74, 6) is 0.782. The topological polar surface area (TPSA) is 108 Å². The van der Waals surface area contributed by atoms with Crippen LogP contribution in [0.5, 0.6) is 0 Å². The van der Waals surface area contributed by atoms with Crippen molar-refractivity contribution in [3.05, 3.63) is 87.8 Å². The molecule has 2 aromatic carbocycles. The number of benzene rings is 2. The fraction of sp³-hybridized carbons (Fsp3) is 0.455. The van der Waals surface area contributed by atoms with Crippen molar-refractivity contribution in [2.45, 2.75) is 76.1 Å². The highest BCUT2D eigenvalue weighted by Gasteiger charge is 2.48. The molecule has 1 amide bonds. The molecular weight excluding hydrogens is 591 g/mol. The van der Waals surface area contributed by atoms with Gasteiger partial charge in [0.1, 0.15) is 22.3 Å². The molecule has 3 aliphatic heterocycles. The number of halogens is 4. The van der Waals surface area contributed by atoms with Gasteiger partial charge in [-0.25, -0.2) is 4.99 Å². The Bertz CT molecular complexity index is 1510. The number of nitrogens with two attached hydrogens (primary N) is 2. The van der Waals surface area contributed by atoms with Crippen molar-refractivity contribution >= 4 is 29.0 Å². The van der Waals surface area contributed by atoms with E-state index < -0.39 is 17.2 Å². The van der Waals surface area contributed by atoms with Gasteiger partial charge in [-0.1, -0.05) is 60.1 Å². The summed E-state index contributed by atoms with van der Waals surface area (Å²) >= 11 is 6.60. The van der Waals surface area contributed by atoms with Crippen molar-refractivity contribution in [3.63, 3.8) is 0 Å².